The van der Waals surface area contributed by atoms with Crippen LogP contribution < -0.4 is 22.9 Å². The summed E-state index contributed by atoms with van der Waals surface area (Å²) in [7, 11) is 3.16. The first-order valence-corrected chi connectivity index (χ1v) is 19.5. The number of aromatic nitrogens is 1. The third-order valence-electron chi connectivity index (χ3n) is 9.01. The van der Waals surface area contributed by atoms with Crippen molar-refractivity contribution in [3.8, 4) is 23.3 Å². The van der Waals surface area contributed by atoms with Crippen LogP contribution in [0.4, 0.5) is 0 Å². The fourth-order valence-corrected chi connectivity index (χ4v) is 9.55. The average molecular weight is 795 g/mol. The number of carbonyl (C=O) groups excluding carboxylic acids is 2. The summed E-state index contributed by atoms with van der Waals surface area (Å²) in [6.45, 7) is 7.13. The van der Waals surface area contributed by atoms with Crippen LogP contribution in [0.2, 0.25) is 10.0 Å². The Balaban J connectivity index is 0.948. The molecular weight excluding hydrogens is 756 g/mol. The molecule has 11 nitrogen and oxygen atoms in total. The number of halogens is 2. The van der Waals surface area contributed by atoms with Gasteiger partial charge in [-0.3, -0.25) is 19.4 Å². The third-order valence-corrected chi connectivity index (χ3v) is 13.0. The van der Waals surface area contributed by atoms with Crippen molar-refractivity contribution < 1.29 is 28.5 Å². The van der Waals surface area contributed by atoms with Crippen LogP contribution in [0.1, 0.15) is 32.7 Å². The molecule has 0 bridgehead atoms. The number of nitriles is 1. The van der Waals surface area contributed by atoms with E-state index < -0.39 is 15.8 Å². The number of piperazine rings is 1. The molecule has 0 N–H and O–H groups in total. The molecule has 266 valence electrons. The average Bonchev–Trinajstić information content (AvgIpc) is 3.39. The number of carbonyl (C=O) groups is 2. The fourth-order valence-electron chi connectivity index (χ4n) is 6.21. The van der Waals surface area contributed by atoms with Gasteiger partial charge in [0.15, 0.2) is 0 Å². The molecule has 2 amide bonds. The van der Waals surface area contributed by atoms with Gasteiger partial charge in [0, 0.05) is 6.54 Å². The minimum absolute atomic E-state index is 0.252. The van der Waals surface area contributed by atoms with Crippen molar-refractivity contribution in [1.29, 1.82) is 5.26 Å². The van der Waals surface area contributed by atoms with Gasteiger partial charge in [-0.1, -0.05) is 12.1 Å². The summed E-state index contributed by atoms with van der Waals surface area (Å²) in [5.74, 6) is 1.21. The van der Waals surface area contributed by atoms with Crippen molar-refractivity contribution in [3.63, 3.8) is 0 Å². The van der Waals surface area contributed by atoms with Crippen LogP contribution in [0.3, 0.4) is 0 Å². The van der Waals surface area contributed by atoms with E-state index in [4.69, 9.17) is 42.1 Å². The van der Waals surface area contributed by atoms with Crippen LogP contribution >= 0.6 is 23.2 Å². The summed E-state index contributed by atoms with van der Waals surface area (Å²) in [5.41, 5.74) is 2.13. The van der Waals surface area contributed by atoms with Gasteiger partial charge < -0.3 is 4.74 Å². The van der Waals surface area contributed by atoms with Crippen molar-refractivity contribution in [1.82, 2.24) is 19.7 Å². The molecule has 14 heteroatoms. The zero-order valence-corrected chi connectivity index (χ0v) is 32.0. The molecule has 2 aliphatic rings. The minimum atomic E-state index is -1.07. The summed E-state index contributed by atoms with van der Waals surface area (Å²) < 4.78 is 24.9. The molecule has 2 aliphatic heterocycles. The van der Waals surface area contributed by atoms with E-state index in [9.17, 15) is 14.9 Å². The summed E-state index contributed by atoms with van der Waals surface area (Å²) in [6, 6.07) is 16.5. The number of fused-ring (bicyclic) bond motifs is 2. The molecule has 1 atom stereocenters. The second-order valence-electron chi connectivity index (χ2n) is 12.1. The predicted octanol–water partition coefficient (Wildman–Crippen LogP) is 3.52. The van der Waals surface area contributed by atoms with Crippen LogP contribution in [-0.4, -0.2) is 127 Å². The molecule has 51 heavy (non-hydrogen) atoms. The molecule has 1 unspecified atom stereocenters. The van der Waals surface area contributed by atoms with E-state index >= 15 is 0 Å². The van der Waals surface area contributed by atoms with E-state index in [0.29, 0.717) is 69.3 Å². The van der Waals surface area contributed by atoms with Crippen LogP contribution in [0, 0.1) is 11.3 Å². The molecule has 1 aromatic heterocycles. The van der Waals surface area contributed by atoms with Gasteiger partial charge in [-0.25, -0.2) is 0 Å². The Labute approximate surface area is 313 Å². The van der Waals surface area contributed by atoms with Crippen molar-refractivity contribution in [3.05, 3.63) is 81.5 Å². The number of amides is 2. The molecular formula is C37H38AsCl2N5O6. The molecule has 3 aromatic carbocycles. The number of hydrogen-bond acceptors (Lipinski definition) is 10. The van der Waals surface area contributed by atoms with E-state index in [0.717, 1.165) is 59.8 Å². The van der Waals surface area contributed by atoms with E-state index in [2.05, 4.69) is 20.9 Å². The maximum atomic E-state index is 12.5. The van der Waals surface area contributed by atoms with Crippen LogP contribution in [0.15, 0.2) is 54.7 Å². The van der Waals surface area contributed by atoms with Gasteiger partial charge in [0.2, 0.25) is 0 Å². The number of benzene rings is 3. The number of nitrogens with zero attached hydrogens (tertiary/aromatic N) is 5. The van der Waals surface area contributed by atoms with Gasteiger partial charge in [-0.05, 0) is 12.1 Å². The molecule has 0 saturated carbocycles. The molecule has 3 heterocycles. The molecule has 1 fully saturated rings. The Morgan fingerprint density at radius 1 is 0.824 bits per heavy atom. The predicted molar refractivity (Wildman–Crippen MR) is 198 cm³/mol. The maximum absolute atomic E-state index is 12.5. The van der Waals surface area contributed by atoms with Gasteiger partial charge in [-0.15, -0.1) is 0 Å². The first-order chi connectivity index (χ1) is 24.8. The molecule has 0 spiro atoms. The third kappa shape index (κ3) is 8.44. The number of methoxy groups -OCH3 is 2. The molecule has 4 aromatic rings. The number of pyridine rings is 1. The van der Waals surface area contributed by atoms with E-state index in [1.807, 2.05) is 18.2 Å². The zero-order chi connectivity index (χ0) is 35.9. The first kappa shape index (κ1) is 36.9. The first-order valence-electron chi connectivity index (χ1n) is 16.6. The van der Waals surface area contributed by atoms with Crippen LogP contribution in [0.25, 0.3) is 10.9 Å². The van der Waals surface area contributed by atoms with Crippen LogP contribution in [-0.2, 0) is 4.74 Å². The summed E-state index contributed by atoms with van der Waals surface area (Å²) >= 11 is 11.7. The Morgan fingerprint density at radius 3 is 2.16 bits per heavy atom. The molecule has 0 aliphatic carbocycles. The standard InChI is InChI=1S/C37H38AsCl2N5O6/c1-48-32-19-28(29(39)20-30(32)40)38-35-24(22-41)23-42-31-21-34(33(49-2)18-27(31)35)51-15-5-8-43-9-11-44(12-10-43)13-16-50-17-14-45-36(46)25-6-3-4-7-26(25)37(45)47/h3-4,6-7,18-21,23,38H,5,8-17H2,1-2H3. The van der Waals surface area contributed by atoms with Gasteiger partial charge in [0.05, 0.1) is 30.9 Å². The van der Waals surface area contributed by atoms with E-state index in [-0.39, 0.29) is 18.4 Å². The number of ether oxygens (including phenoxy) is 4. The molecule has 1 saturated heterocycles. The summed E-state index contributed by atoms with van der Waals surface area (Å²) in [5, 5.41) is 11.7. The van der Waals surface area contributed by atoms with Crippen molar-refractivity contribution >= 4 is 70.4 Å². The normalized spacial score (nSPS) is 15.2. The van der Waals surface area contributed by atoms with Gasteiger partial charge in [0.1, 0.15) is 0 Å². The molecule has 6 rings (SSSR count). The summed E-state index contributed by atoms with van der Waals surface area (Å²) in [4.78, 5) is 35.6. The van der Waals surface area contributed by atoms with E-state index in [1.54, 1.807) is 50.7 Å². The van der Waals surface area contributed by atoms with Crippen molar-refractivity contribution in [2.24, 2.45) is 0 Å². The molecule has 0 radical (unpaired) electrons. The fraction of sp³-hybridized carbons (Fsp3) is 0.351. The van der Waals surface area contributed by atoms with Crippen LogP contribution in [0.5, 0.6) is 17.2 Å². The Morgan fingerprint density at radius 2 is 1.49 bits per heavy atom. The SMILES string of the molecule is COc1cc([AsH]c2c(C#N)cnc3cc(OCCCN4CCN(CCOCCN5C(=O)c6ccccc6C5=O)CC4)c(OC)cc23)c(Cl)cc1Cl. The van der Waals surface area contributed by atoms with Crippen molar-refractivity contribution in [2.45, 2.75) is 6.42 Å². The Hall–Kier alpha value is -3.88. The quantitative estimate of drug-likeness (QED) is 0.101. The second kappa shape index (κ2) is 17.1. The number of hydrogen-bond donors (Lipinski definition) is 0. The van der Waals surface area contributed by atoms with Crippen molar-refractivity contribution in [2.75, 3.05) is 79.9 Å². The zero-order valence-electron chi connectivity index (χ0n) is 28.4. The Bertz CT molecular complexity index is 1930. The number of imide groups is 1. The monoisotopic (exact) mass is 793 g/mol. The van der Waals surface area contributed by atoms with Gasteiger partial charge in [-0.2, -0.15) is 0 Å². The Kier molecular flexibility index (Phi) is 12.4. The topological polar surface area (TPSA) is 117 Å². The number of rotatable bonds is 15. The second-order valence-corrected chi connectivity index (χ2v) is 15.6. The van der Waals surface area contributed by atoms with Gasteiger partial charge >= 0.3 is 217 Å². The van der Waals surface area contributed by atoms with Gasteiger partial charge in [0.25, 0.3) is 11.8 Å². The van der Waals surface area contributed by atoms with E-state index in [1.165, 1.54) is 4.90 Å². The summed E-state index contributed by atoms with van der Waals surface area (Å²) in [6.07, 6.45) is 2.44.